The summed E-state index contributed by atoms with van der Waals surface area (Å²) in [6, 6.07) is 8.97. The molecule has 2 aromatic heterocycles. The monoisotopic (exact) mass is 560 g/mol. The van der Waals surface area contributed by atoms with E-state index in [1.807, 2.05) is 30.3 Å². The molecule has 1 aromatic carbocycles. The zero-order chi connectivity index (χ0) is 29.1. The molecule has 3 atom stereocenters. The molecule has 1 amide bonds. The average Bonchev–Trinajstić information content (AvgIpc) is 3.62. The van der Waals surface area contributed by atoms with Crippen molar-refractivity contribution in [1.29, 1.82) is 0 Å². The summed E-state index contributed by atoms with van der Waals surface area (Å²) in [5, 5.41) is 12.8. The van der Waals surface area contributed by atoms with E-state index in [0.29, 0.717) is 56.9 Å². The molecule has 1 aliphatic heterocycles. The van der Waals surface area contributed by atoms with Crippen LogP contribution >= 0.6 is 0 Å². The number of ether oxygens (including phenoxy) is 1. The number of hydrogen-bond acceptors (Lipinski definition) is 8. The number of aryl methyl sites for hydroxylation is 1. The predicted molar refractivity (Wildman–Crippen MR) is 153 cm³/mol. The van der Waals surface area contributed by atoms with Crippen LogP contribution in [0.4, 0.5) is 0 Å². The lowest BCUT2D eigenvalue weighted by Crippen LogP contribution is -2.58. The highest BCUT2D eigenvalue weighted by molar-refractivity contribution is 5.88. The summed E-state index contributed by atoms with van der Waals surface area (Å²) in [6.45, 7) is 3.25. The summed E-state index contributed by atoms with van der Waals surface area (Å²) in [5.41, 5.74) is 10.1. The summed E-state index contributed by atoms with van der Waals surface area (Å²) in [7, 11) is 1.61. The fraction of sp³-hybridized carbons (Fsp3) is 0.467. The molecule has 5 rings (SSSR count). The molecular weight excluding hydrogens is 524 g/mol. The quantitative estimate of drug-likeness (QED) is 0.298. The molecular formula is C30H36N6O5. The first kappa shape index (κ1) is 28.6. The number of imidazole rings is 1. The number of aromatic amines is 1. The van der Waals surface area contributed by atoms with Crippen LogP contribution < -0.4 is 5.73 Å². The molecule has 11 heteroatoms. The van der Waals surface area contributed by atoms with Gasteiger partial charge in [-0.2, -0.15) is 4.91 Å². The highest BCUT2D eigenvalue weighted by atomic mass is 16.5. The van der Waals surface area contributed by atoms with Crippen LogP contribution in [-0.2, 0) is 26.2 Å². The number of fused-ring (bicyclic) bond motifs is 1. The molecule has 2 aliphatic rings. The molecule has 1 aliphatic carbocycles. The van der Waals surface area contributed by atoms with Crippen LogP contribution in [0.25, 0.3) is 22.5 Å². The number of pyridine rings is 1. The number of nitrogens with one attached hydrogen (secondary N) is 1. The number of aliphatic carboxylic acids is 1. The number of carbonyl (C=O) groups is 2. The van der Waals surface area contributed by atoms with Crippen LogP contribution in [0.1, 0.15) is 55.6 Å². The van der Waals surface area contributed by atoms with Gasteiger partial charge in [-0.05, 0) is 81.4 Å². The maximum atomic E-state index is 13.4. The second kappa shape index (κ2) is 11.9. The van der Waals surface area contributed by atoms with E-state index in [-0.39, 0.29) is 12.1 Å². The summed E-state index contributed by atoms with van der Waals surface area (Å²) in [4.78, 5) is 51.1. The Morgan fingerprint density at radius 3 is 2.56 bits per heavy atom. The van der Waals surface area contributed by atoms with E-state index < -0.39 is 23.2 Å². The lowest BCUT2D eigenvalue weighted by atomic mass is 9.77. The second-order valence-electron chi connectivity index (χ2n) is 11.1. The number of benzene rings is 1. The molecule has 41 heavy (non-hydrogen) atoms. The van der Waals surface area contributed by atoms with E-state index in [1.165, 1.54) is 0 Å². The van der Waals surface area contributed by atoms with E-state index in [1.54, 1.807) is 26.4 Å². The molecule has 3 aromatic rings. The molecule has 3 heterocycles. The molecule has 3 unspecified atom stereocenters. The average molecular weight is 561 g/mol. The van der Waals surface area contributed by atoms with E-state index >= 15 is 0 Å². The van der Waals surface area contributed by atoms with Crippen molar-refractivity contribution in [2.45, 2.75) is 56.5 Å². The molecule has 1 fully saturated rings. The minimum absolute atomic E-state index is 0.335. The summed E-state index contributed by atoms with van der Waals surface area (Å²) in [6.07, 6.45) is 6.33. The van der Waals surface area contributed by atoms with E-state index in [0.717, 1.165) is 34.4 Å². The summed E-state index contributed by atoms with van der Waals surface area (Å²) in [5.74, 6) is -1.30. The van der Waals surface area contributed by atoms with E-state index in [9.17, 15) is 19.6 Å². The number of primary amides is 1. The Morgan fingerprint density at radius 1 is 1.20 bits per heavy atom. The van der Waals surface area contributed by atoms with Gasteiger partial charge in [-0.1, -0.05) is 17.3 Å². The smallest absolute Gasteiger partial charge is 0.306 e. The standard InChI is InChI=1S/C30H36N6O5/c1-30(28(31)39,24(11-16-41-2)36-14-9-19(10-15-36)27(37)38)29-33-25(18-7-12-32-13-8-18)26(34-29)21-3-5-22-20(17-21)4-6-23(22)35-40/h3,5,7-8,12-13,17,19,23-24H,4,6,9-11,14-16H2,1-2H3,(H2,31,39)(H,33,34)(H,37,38). The van der Waals surface area contributed by atoms with Crippen LogP contribution in [-0.4, -0.2) is 69.7 Å². The highest BCUT2D eigenvalue weighted by Gasteiger charge is 2.48. The number of carbonyl (C=O) groups excluding carboxylic acids is 1. The molecule has 0 radical (unpaired) electrons. The SMILES string of the molecule is COCCC(N1CCC(C(=O)O)CC1)C(C)(C(N)=O)c1nc(-c2ccc3c(c2)CCC3N=O)c(-c2ccncc2)[nH]1. The number of rotatable bonds is 11. The van der Waals surface area contributed by atoms with Crippen molar-refractivity contribution in [3.8, 4) is 22.5 Å². The lowest BCUT2D eigenvalue weighted by molar-refractivity contribution is -0.144. The molecule has 0 spiro atoms. The van der Waals surface area contributed by atoms with Crippen molar-refractivity contribution in [3.63, 3.8) is 0 Å². The number of nitrogens with zero attached hydrogens (tertiary/aromatic N) is 4. The maximum Gasteiger partial charge on any atom is 0.306 e. The maximum absolute atomic E-state index is 13.4. The van der Waals surface area contributed by atoms with Crippen molar-refractivity contribution >= 4 is 11.9 Å². The van der Waals surface area contributed by atoms with Crippen molar-refractivity contribution in [2.24, 2.45) is 16.8 Å². The van der Waals surface area contributed by atoms with E-state index in [4.69, 9.17) is 15.5 Å². The van der Waals surface area contributed by atoms with Crippen LogP contribution in [0, 0.1) is 10.8 Å². The molecule has 4 N–H and O–H groups in total. The Bertz CT molecular complexity index is 1420. The number of methoxy groups -OCH3 is 1. The number of nitrogens with two attached hydrogens (primary N) is 1. The lowest BCUT2D eigenvalue weighted by Gasteiger charge is -2.43. The fourth-order valence-electron chi connectivity index (χ4n) is 6.37. The number of carboxylic acid groups (broad SMARTS) is 1. The highest BCUT2D eigenvalue weighted by Crippen LogP contribution is 2.41. The first-order valence-corrected chi connectivity index (χ1v) is 14.0. The van der Waals surface area contributed by atoms with Gasteiger partial charge in [0.05, 0.1) is 17.3 Å². The van der Waals surface area contributed by atoms with Gasteiger partial charge in [-0.3, -0.25) is 19.5 Å². The first-order valence-electron chi connectivity index (χ1n) is 14.0. The third-order valence-corrected chi connectivity index (χ3v) is 8.85. The number of carboxylic acids is 1. The Labute approximate surface area is 238 Å². The second-order valence-corrected chi connectivity index (χ2v) is 11.1. The fourth-order valence-corrected chi connectivity index (χ4v) is 6.37. The van der Waals surface area contributed by atoms with Crippen LogP contribution in [0.3, 0.4) is 0 Å². The van der Waals surface area contributed by atoms with Gasteiger partial charge >= 0.3 is 5.97 Å². The Balaban J connectivity index is 1.61. The topological polar surface area (TPSA) is 164 Å². The van der Waals surface area contributed by atoms with Crippen LogP contribution in [0.2, 0.25) is 0 Å². The first-order chi connectivity index (χ1) is 19.8. The minimum Gasteiger partial charge on any atom is -0.481 e. The molecule has 216 valence electrons. The Kier molecular flexibility index (Phi) is 8.27. The van der Waals surface area contributed by atoms with E-state index in [2.05, 4.69) is 20.0 Å². The molecule has 11 nitrogen and oxygen atoms in total. The van der Waals surface area contributed by atoms with Gasteiger partial charge in [-0.25, -0.2) is 4.98 Å². The summed E-state index contributed by atoms with van der Waals surface area (Å²) < 4.78 is 5.42. The van der Waals surface area contributed by atoms with Crippen molar-refractivity contribution in [1.82, 2.24) is 19.9 Å². The number of hydrogen-bond donors (Lipinski definition) is 3. The Hall–Kier alpha value is -3.96. The van der Waals surface area contributed by atoms with Gasteiger partial charge in [0.2, 0.25) is 5.91 Å². The zero-order valence-electron chi connectivity index (χ0n) is 23.4. The number of nitroso groups, excluding NO2 is 1. The normalized spacial score (nSPS) is 19.8. The number of H-pyrrole nitrogens is 1. The van der Waals surface area contributed by atoms with Gasteiger partial charge in [-0.15, -0.1) is 0 Å². The Morgan fingerprint density at radius 2 is 1.93 bits per heavy atom. The van der Waals surface area contributed by atoms with Crippen molar-refractivity contribution < 1.29 is 19.4 Å². The van der Waals surface area contributed by atoms with Crippen LogP contribution in [0.15, 0.2) is 47.9 Å². The molecule has 1 saturated heterocycles. The third kappa shape index (κ3) is 5.39. The third-order valence-electron chi connectivity index (χ3n) is 8.85. The zero-order valence-corrected chi connectivity index (χ0v) is 23.4. The van der Waals surface area contributed by atoms with Crippen LogP contribution in [0.5, 0.6) is 0 Å². The minimum atomic E-state index is -1.24. The number of amides is 1. The van der Waals surface area contributed by atoms with Gasteiger partial charge in [0.1, 0.15) is 17.3 Å². The largest absolute Gasteiger partial charge is 0.481 e. The molecule has 0 saturated carbocycles. The van der Waals surface area contributed by atoms with Gasteiger partial charge in [0.25, 0.3) is 0 Å². The van der Waals surface area contributed by atoms with Gasteiger partial charge < -0.3 is 20.6 Å². The summed E-state index contributed by atoms with van der Waals surface area (Å²) >= 11 is 0. The van der Waals surface area contributed by atoms with Gasteiger partial charge in [0.15, 0.2) is 0 Å². The predicted octanol–water partition coefficient (Wildman–Crippen LogP) is 3.84. The number of piperidine rings is 1. The molecule has 0 bridgehead atoms. The number of aromatic nitrogens is 3. The van der Waals surface area contributed by atoms with Gasteiger partial charge in [0, 0.05) is 43.3 Å². The van der Waals surface area contributed by atoms with Crippen molar-refractivity contribution in [2.75, 3.05) is 26.8 Å². The number of likely N-dealkylation sites (tertiary alicyclic amines) is 1. The van der Waals surface area contributed by atoms with Crippen molar-refractivity contribution in [3.05, 3.63) is 64.6 Å².